The molecule has 0 heterocycles. The van der Waals surface area contributed by atoms with Crippen LogP contribution in [0.3, 0.4) is 0 Å². The van der Waals surface area contributed by atoms with Crippen molar-refractivity contribution >= 4 is 16.7 Å². The van der Waals surface area contributed by atoms with Gasteiger partial charge in [0.25, 0.3) is 0 Å². The molecule has 0 N–H and O–H groups in total. The molecule has 0 aliphatic heterocycles. The summed E-state index contributed by atoms with van der Waals surface area (Å²) >= 11 is 0. The largest absolute Gasteiger partial charge is 0.496 e. The van der Waals surface area contributed by atoms with Gasteiger partial charge in [0, 0.05) is 17.9 Å². The van der Waals surface area contributed by atoms with E-state index in [1.54, 1.807) is 46.6 Å². The van der Waals surface area contributed by atoms with Gasteiger partial charge >= 0.3 is 5.97 Å². The molecule has 0 aromatic heterocycles. The van der Waals surface area contributed by atoms with E-state index in [9.17, 15) is 4.79 Å². The second kappa shape index (κ2) is 8.42. The zero-order chi connectivity index (χ0) is 21.1. The lowest BCUT2D eigenvalue weighted by Gasteiger charge is -2.33. The van der Waals surface area contributed by atoms with Crippen molar-refractivity contribution in [2.45, 2.75) is 26.9 Å². The number of rotatable bonds is 8. The molecule has 1 unspecified atom stereocenters. The Hall–Kier alpha value is -2.89. The predicted molar refractivity (Wildman–Crippen MR) is 109 cm³/mol. The van der Waals surface area contributed by atoms with Crippen LogP contribution in [-0.4, -0.2) is 34.4 Å². The fourth-order valence-electron chi connectivity index (χ4n) is 3.26. The molecular formula is C22H28O6. The van der Waals surface area contributed by atoms with Crippen molar-refractivity contribution in [3.8, 4) is 23.0 Å². The summed E-state index contributed by atoms with van der Waals surface area (Å²) in [5.74, 6) is 1.88. The molecule has 0 saturated carbocycles. The van der Waals surface area contributed by atoms with Crippen LogP contribution in [0.25, 0.3) is 10.8 Å². The zero-order valence-corrected chi connectivity index (χ0v) is 17.5. The first-order valence-electron chi connectivity index (χ1n) is 8.86. The van der Waals surface area contributed by atoms with Gasteiger partial charge in [0.2, 0.25) is 0 Å². The van der Waals surface area contributed by atoms with E-state index < -0.39 is 17.5 Å². The Morgan fingerprint density at radius 2 is 1.50 bits per heavy atom. The normalized spacial score (nSPS) is 12.2. The first-order chi connectivity index (χ1) is 13.2. The van der Waals surface area contributed by atoms with Crippen LogP contribution < -0.4 is 18.9 Å². The highest BCUT2D eigenvalue weighted by molar-refractivity contribution is 6.03. The number of benzene rings is 2. The number of ether oxygens (including phenoxy) is 5. The van der Waals surface area contributed by atoms with Crippen LogP contribution in [0.5, 0.6) is 23.0 Å². The van der Waals surface area contributed by atoms with Crippen LogP contribution in [0.1, 0.15) is 32.4 Å². The van der Waals surface area contributed by atoms with Gasteiger partial charge in [-0.1, -0.05) is 19.9 Å². The van der Waals surface area contributed by atoms with Gasteiger partial charge in [-0.05, 0) is 18.2 Å². The number of methoxy groups -OCH3 is 4. The van der Waals surface area contributed by atoms with Gasteiger partial charge in [-0.15, -0.1) is 6.58 Å². The van der Waals surface area contributed by atoms with E-state index in [0.29, 0.717) is 39.3 Å². The maximum Gasteiger partial charge on any atom is 0.303 e. The van der Waals surface area contributed by atoms with E-state index in [2.05, 4.69) is 6.58 Å². The Kier molecular flexibility index (Phi) is 6.44. The lowest BCUT2D eigenvalue weighted by molar-refractivity contribution is -0.151. The molecule has 0 aliphatic carbocycles. The minimum absolute atomic E-state index is 0.404. The molecule has 152 valence electrons. The molecule has 2 aromatic carbocycles. The molecule has 2 rings (SSSR count). The molecule has 1 atom stereocenters. The van der Waals surface area contributed by atoms with Crippen LogP contribution in [0, 0.1) is 5.41 Å². The fraction of sp³-hybridized carbons (Fsp3) is 0.409. The second-order valence-electron chi connectivity index (χ2n) is 6.94. The summed E-state index contributed by atoms with van der Waals surface area (Å²) in [5, 5.41) is 1.39. The van der Waals surface area contributed by atoms with E-state index in [4.69, 9.17) is 23.7 Å². The summed E-state index contributed by atoms with van der Waals surface area (Å²) in [7, 11) is 6.31. The van der Waals surface area contributed by atoms with Gasteiger partial charge in [-0.25, -0.2) is 0 Å². The molecule has 0 radical (unpaired) electrons. The quantitative estimate of drug-likeness (QED) is 0.483. The number of esters is 1. The van der Waals surface area contributed by atoms with E-state index in [-0.39, 0.29) is 0 Å². The third-order valence-corrected chi connectivity index (χ3v) is 4.78. The van der Waals surface area contributed by atoms with Crippen molar-refractivity contribution in [3.63, 3.8) is 0 Å². The second-order valence-corrected chi connectivity index (χ2v) is 6.94. The van der Waals surface area contributed by atoms with Gasteiger partial charge in [0.1, 0.15) is 29.1 Å². The molecule has 6 nitrogen and oxygen atoms in total. The molecule has 0 saturated heterocycles. The van der Waals surface area contributed by atoms with Gasteiger partial charge in [0.15, 0.2) is 0 Å². The molecular weight excluding hydrogens is 360 g/mol. The van der Waals surface area contributed by atoms with Crippen molar-refractivity contribution in [2.75, 3.05) is 28.4 Å². The topological polar surface area (TPSA) is 63.2 Å². The van der Waals surface area contributed by atoms with Crippen LogP contribution in [0.15, 0.2) is 30.9 Å². The predicted octanol–water partition coefficient (Wildman–Crippen LogP) is 4.69. The maximum atomic E-state index is 11.9. The first kappa shape index (κ1) is 21.4. The molecule has 28 heavy (non-hydrogen) atoms. The summed E-state index contributed by atoms with van der Waals surface area (Å²) in [6.45, 7) is 9.15. The van der Waals surface area contributed by atoms with Crippen LogP contribution in [-0.2, 0) is 9.53 Å². The summed E-state index contributed by atoms with van der Waals surface area (Å²) in [5.41, 5.74) is 0.0857. The van der Waals surface area contributed by atoms with Gasteiger partial charge < -0.3 is 23.7 Å². The standard InChI is InChI=1S/C22H28O6/c1-9-22(3,4)21(28-13(2)23)14-12-17(26-7)18-15(24-5)10-11-16(25-6)19(18)20(14)27-8/h9-12,21H,1H2,2-8H3. The van der Waals surface area contributed by atoms with Gasteiger partial charge in [0.05, 0.1) is 39.2 Å². The zero-order valence-electron chi connectivity index (χ0n) is 17.5. The average Bonchev–Trinajstić information content (AvgIpc) is 2.69. The monoisotopic (exact) mass is 388 g/mol. The lowest BCUT2D eigenvalue weighted by Crippen LogP contribution is -2.25. The smallest absolute Gasteiger partial charge is 0.303 e. The molecule has 0 amide bonds. The van der Waals surface area contributed by atoms with Crippen molar-refractivity contribution in [2.24, 2.45) is 5.41 Å². The first-order valence-corrected chi connectivity index (χ1v) is 8.86. The van der Waals surface area contributed by atoms with Crippen molar-refractivity contribution < 1.29 is 28.5 Å². The molecule has 0 spiro atoms. The third-order valence-electron chi connectivity index (χ3n) is 4.78. The molecule has 0 aliphatic rings. The Labute approximate surface area is 166 Å². The highest BCUT2D eigenvalue weighted by atomic mass is 16.5. The van der Waals surface area contributed by atoms with E-state index in [1.165, 1.54) is 6.92 Å². The van der Waals surface area contributed by atoms with Crippen molar-refractivity contribution in [1.29, 1.82) is 0 Å². The Balaban J connectivity index is 3.01. The Morgan fingerprint density at radius 3 is 1.93 bits per heavy atom. The summed E-state index contributed by atoms with van der Waals surface area (Å²) in [6.07, 6.45) is 1.10. The van der Waals surface area contributed by atoms with Crippen molar-refractivity contribution in [3.05, 3.63) is 36.4 Å². The molecule has 0 bridgehead atoms. The van der Waals surface area contributed by atoms with Gasteiger partial charge in [-0.2, -0.15) is 0 Å². The summed E-state index contributed by atoms with van der Waals surface area (Å²) in [4.78, 5) is 11.9. The van der Waals surface area contributed by atoms with Crippen LogP contribution in [0.4, 0.5) is 0 Å². The third kappa shape index (κ3) is 3.72. The van der Waals surface area contributed by atoms with Gasteiger partial charge in [-0.3, -0.25) is 4.79 Å². The number of hydrogen-bond donors (Lipinski definition) is 0. The molecule has 6 heteroatoms. The number of carbonyl (C=O) groups is 1. The highest BCUT2D eigenvalue weighted by Gasteiger charge is 2.35. The van der Waals surface area contributed by atoms with Crippen molar-refractivity contribution in [1.82, 2.24) is 0 Å². The average molecular weight is 388 g/mol. The van der Waals surface area contributed by atoms with Crippen LogP contribution in [0.2, 0.25) is 0 Å². The maximum absolute atomic E-state index is 11.9. The number of hydrogen-bond acceptors (Lipinski definition) is 6. The lowest BCUT2D eigenvalue weighted by atomic mass is 9.81. The summed E-state index contributed by atoms with van der Waals surface area (Å²) < 4.78 is 28.2. The minimum atomic E-state index is -0.647. The Bertz CT molecular complexity index is 884. The molecule has 0 fully saturated rings. The number of fused-ring (bicyclic) bond motifs is 1. The fourth-order valence-corrected chi connectivity index (χ4v) is 3.26. The Morgan fingerprint density at radius 1 is 0.964 bits per heavy atom. The van der Waals surface area contributed by atoms with E-state index >= 15 is 0 Å². The summed E-state index contributed by atoms with van der Waals surface area (Å²) in [6, 6.07) is 5.41. The highest BCUT2D eigenvalue weighted by Crippen LogP contribution is 2.51. The number of carbonyl (C=O) groups excluding carboxylic acids is 1. The van der Waals surface area contributed by atoms with Crippen LogP contribution >= 0.6 is 0 Å². The van der Waals surface area contributed by atoms with E-state index in [0.717, 1.165) is 0 Å². The molecule has 2 aromatic rings. The minimum Gasteiger partial charge on any atom is -0.496 e. The SMILES string of the molecule is C=CC(C)(C)C(OC(C)=O)c1cc(OC)c2c(OC)ccc(OC)c2c1OC. The van der Waals surface area contributed by atoms with E-state index in [1.807, 2.05) is 19.9 Å².